The predicted octanol–water partition coefficient (Wildman–Crippen LogP) is 1.43. The van der Waals surface area contributed by atoms with Crippen LogP contribution in [-0.2, 0) is 16.0 Å². The summed E-state index contributed by atoms with van der Waals surface area (Å²) in [6.07, 6.45) is 1.75. The minimum Gasteiger partial charge on any atom is -0.378 e. The molecule has 30 heavy (non-hydrogen) atoms. The van der Waals surface area contributed by atoms with E-state index in [0.717, 1.165) is 57.1 Å². The van der Waals surface area contributed by atoms with E-state index in [1.54, 1.807) is 19.2 Å². The zero-order valence-corrected chi connectivity index (χ0v) is 20.0. The Morgan fingerprint density at radius 1 is 1.13 bits per heavy atom. The lowest BCUT2D eigenvalue weighted by atomic mass is 10.1. The van der Waals surface area contributed by atoms with Crippen LogP contribution in [0.1, 0.15) is 12.0 Å². The first-order chi connectivity index (χ1) is 14.2. The average molecular weight is 533 g/mol. The fourth-order valence-electron chi connectivity index (χ4n) is 3.74. The van der Waals surface area contributed by atoms with Crippen molar-refractivity contribution in [1.82, 2.24) is 20.0 Å². The second-order valence-corrected chi connectivity index (χ2v) is 7.46. The van der Waals surface area contributed by atoms with Crippen LogP contribution in [-0.4, -0.2) is 99.2 Å². The third-order valence-corrected chi connectivity index (χ3v) is 5.42. The highest BCUT2D eigenvalue weighted by molar-refractivity contribution is 14.0. The number of hydrogen-bond donors (Lipinski definition) is 1. The number of nitrogens with one attached hydrogen (secondary N) is 1. The number of ether oxygens (including phenoxy) is 1. The van der Waals surface area contributed by atoms with Gasteiger partial charge in [0.05, 0.1) is 19.8 Å². The first kappa shape index (κ1) is 24.8. The summed E-state index contributed by atoms with van der Waals surface area (Å²) < 4.78 is 18.6. The molecule has 1 amide bonds. The zero-order valence-electron chi connectivity index (χ0n) is 17.7. The molecule has 168 valence electrons. The van der Waals surface area contributed by atoms with Crippen LogP contribution in [0.4, 0.5) is 4.39 Å². The maximum atomic E-state index is 13.2. The maximum Gasteiger partial charge on any atom is 0.236 e. The Morgan fingerprint density at radius 2 is 1.87 bits per heavy atom. The summed E-state index contributed by atoms with van der Waals surface area (Å²) in [5, 5.41) is 3.41. The summed E-state index contributed by atoms with van der Waals surface area (Å²) in [6.45, 7) is 7.34. The van der Waals surface area contributed by atoms with Gasteiger partial charge in [-0.05, 0) is 30.5 Å². The SMILES string of the molecule is CN=C(NCCCc1cccc(F)c1)N1CCN(CC(=O)N2CCOCC2)CC1.I. The summed E-state index contributed by atoms with van der Waals surface area (Å²) >= 11 is 0. The van der Waals surface area contributed by atoms with E-state index in [0.29, 0.717) is 32.8 Å². The van der Waals surface area contributed by atoms with Gasteiger partial charge < -0.3 is 19.9 Å². The Bertz CT molecular complexity index is 692. The highest BCUT2D eigenvalue weighted by Gasteiger charge is 2.24. The van der Waals surface area contributed by atoms with Gasteiger partial charge >= 0.3 is 0 Å². The second kappa shape index (κ2) is 13.1. The number of amides is 1. The van der Waals surface area contributed by atoms with Gasteiger partial charge in [-0.1, -0.05) is 12.1 Å². The van der Waals surface area contributed by atoms with E-state index in [4.69, 9.17) is 4.74 Å². The number of hydrogen-bond acceptors (Lipinski definition) is 4. The molecule has 7 nitrogen and oxygen atoms in total. The van der Waals surface area contributed by atoms with E-state index in [2.05, 4.69) is 20.1 Å². The minimum atomic E-state index is -0.184. The standard InChI is InChI=1S/C21H32FN5O2.HI/c1-23-21(24-7-3-5-18-4-2-6-19(22)16-18)27-10-8-25(9-11-27)17-20(28)26-12-14-29-15-13-26;/h2,4,6,16H,3,5,7-15,17H2,1H3,(H,23,24);1H. The number of carbonyl (C=O) groups excluding carboxylic acids is 1. The number of morpholine rings is 1. The Labute approximate surface area is 195 Å². The van der Waals surface area contributed by atoms with Gasteiger partial charge in [-0.25, -0.2) is 4.39 Å². The summed E-state index contributed by atoms with van der Waals surface area (Å²) in [4.78, 5) is 23.1. The fraction of sp³-hybridized carbons (Fsp3) is 0.619. The van der Waals surface area contributed by atoms with Gasteiger partial charge in [0.2, 0.25) is 5.91 Å². The molecule has 0 bridgehead atoms. The Balaban J connectivity index is 0.00000320. The molecule has 0 saturated carbocycles. The van der Waals surface area contributed by atoms with Crippen LogP contribution in [0.2, 0.25) is 0 Å². The molecule has 9 heteroatoms. The van der Waals surface area contributed by atoms with Crippen LogP contribution in [0.15, 0.2) is 29.3 Å². The number of aliphatic imine (C=N–C) groups is 1. The molecule has 2 aliphatic heterocycles. The molecule has 0 spiro atoms. The molecule has 3 rings (SSSR count). The van der Waals surface area contributed by atoms with Crippen LogP contribution in [0.25, 0.3) is 0 Å². The molecule has 2 saturated heterocycles. The van der Waals surface area contributed by atoms with Gasteiger partial charge in [0.25, 0.3) is 0 Å². The molecule has 1 N–H and O–H groups in total. The number of rotatable bonds is 6. The average Bonchev–Trinajstić information content (AvgIpc) is 2.75. The smallest absolute Gasteiger partial charge is 0.236 e. The fourth-order valence-corrected chi connectivity index (χ4v) is 3.74. The lowest BCUT2D eigenvalue weighted by Gasteiger charge is -2.37. The lowest BCUT2D eigenvalue weighted by molar-refractivity contribution is -0.136. The normalized spacial score (nSPS) is 18.1. The van der Waals surface area contributed by atoms with Gasteiger partial charge in [0.1, 0.15) is 5.82 Å². The van der Waals surface area contributed by atoms with Crippen molar-refractivity contribution in [2.75, 3.05) is 72.6 Å². The number of piperazine rings is 1. The van der Waals surface area contributed by atoms with Crippen molar-refractivity contribution in [3.63, 3.8) is 0 Å². The minimum absolute atomic E-state index is 0. The third-order valence-electron chi connectivity index (χ3n) is 5.42. The number of halogens is 2. The molecule has 1 aromatic rings. The molecule has 0 radical (unpaired) electrons. The Hall–Kier alpha value is -1.46. The van der Waals surface area contributed by atoms with Gasteiger partial charge in [-0.15, -0.1) is 24.0 Å². The molecule has 0 unspecified atom stereocenters. The Morgan fingerprint density at radius 3 is 2.53 bits per heavy atom. The third kappa shape index (κ3) is 7.66. The van der Waals surface area contributed by atoms with Crippen molar-refractivity contribution < 1.29 is 13.9 Å². The largest absolute Gasteiger partial charge is 0.378 e. The number of benzene rings is 1. The second-order valence-electron chi connectivity index (χ2n) is 7.46. The molecule has 2 heterocycles. The van der Waals surface area contributed by atoms with Crippen molar-refractivity contribution >= 4 is 35.8 Å². The molecule has 1 aromatic carbocycles. The summed E-state index contributed by atoms with van der Waals surface area (Å²) in [5.41, 5.74) is 1.01. The van der Waals surface area contributed by atoms with Crippen LogP contribution >= 0.6 is 24.0 Å². The monoisotopic (exact) mass is 533 g/mol. The first-order valence-electron chi connectivity index (χ1n) is 10.4. The maximum absolute atomic E-state index is 13.2. The number of guanidine groups is 1. The Kier molecular flexibility index (Phi) is 10.8. The molecule has 2 fully saturated rings. The summed E-state index contributed by atoms with van der Waals surface area (Å²) in [7, 11) is 1.79. The van der Waals surface area contributed by atoms with Gasteiger partial charge in [0, 0.05) is 52.9 Å². The summed E-state index contributed by atoms with van der Waals surface area (Å²) in [6, 6.07) is 6.76. The molecule has 0 atom stereocenters. The van der Waals surface area contributed by atoms with Crippen LogP contribution in [0.3, 0.4) is 0 Å². The van der Waals surface area contributed by atoms with Gasteiger partial charge in [-0.2, -0.15) is 0 Å². The van der Waals surface area contributed by atoms with Crippen molar-refractivity contribution in [3.05, 3.63) is 35.6 Å². The van der Waals surface area contributed by atoms with Crippen molar-refractivity contribution in [1.29, 1.82) is 0 Å². The van der Waals surface area contributed by atoms with Crippen LogP contribution in [0.5, 0.6) is 0 Å². The van der Waals surface area contributed by atoms with E-state index in [9.17, 15) is 9.18 Å². The lowest BCUT2D eigenvalue weighted by Crippen LogP contribution is -2.55. The molecular formula is C21H33FIN5O2. The molecule has 2 aliphatic rings. The molecule has 0 aromatic heterocycles. The quantitative estimate of drug-likeness (QED) is 0.260. The van der Waals surface area contributed by atoms with Crippen LogP contribution in [0, 0.1) is 5.82 Å². The van der Waals surface area contributed by atoms with Gasteiger partial charge in [-0.3, -0.25) is 14.7 Å². The van der Waals surface area contributed by atoms with Crippen molar-refractivity contribution in [2.45, 2.75) is 12.8 Å². The van der Waals surface area contributed by atoms with E-state index in [1.807, 2.05) is 11.0 Å². The van der Waals surface area contributed by atoms with Crippen molar-refractivity contribution in [2.24, 2.45) is 4.99 Å². The number of aryl methyl sites for hydroxylation is 1. The van der Waals surface area contributed by atoms with E-state index < -0.39 is 0 Å². The van der Waals surface area contributed by atoms with Crippen molar-refractivity contribution in [3.8, 4) is 0 Å². The zero-order chi connectivity index (χ0) is 20.5. The summed E-state index contributed by atoms with van der Waals surface area (Å²) in [5.74, 6) is 0.904. The molecule has 0 aliphatic carbocycles. The van der Waals surface area contributed by atoms with E-state index in [-0.39, 0.29) is 35.7 Å². The van der Waals surface area contributed by atoms with Crippen LogP contribution < -0.4 is 5.32 Å². The highest BCUT2D eigenvalue weighted by atomic mass is 127. The topological polar surface area (TPSA) is 60.4 Å². The highest BCUT2D eigenvalue weighted by Crippen LogP contribution is 2.07. The first-order valence-corrected chi connectivity index (χ1v) is 10.4. The molecular weight excluding hydrogens is 500 g/mol. The van der Waals surface area contributed by atoms with Gasteiger partial charge in [0.15, 0.2) is 5.96 Å². The number of carbonyl (C=O) groups is 1. The van der Waals surface area contributed by atoms with E-state index in [1.165, 1.54) is 6.07 Å². The van der Waals surface area contributed by atoms with E-state index >= 15 is 0 Å². The predicted molar refractivity (Wildman–Crippen MR) is 127 cm³/mol. The number of nitrogens with zero attached hydrogens (tertiary/aromatic N) is 4.